The topological polar surface area (TPSA) is 80.4 Å². The molecule has 4 N–H and O–H groups in total. The smallest absolute Gasteiger partial charge is 0.258 e. The van der Waals surface area contributed by atoms with E-state index >= 15 is 0 Å². The predicted octanol–water partition coefficient (Wildman–Crippen LogP) is 1.93. The molecule has 0 aliphatic heterocycles. The van der Waals surface area contributed by atoms with Crippen molar-refractivity contribution in [2.75, 3.05) is 5.43 Å². The van der Waals surface area contributed by atoms with E-state index in [9.17, 15) is 8.78 Å². The van der Waals surface area contributed by atoms with Crippen LogP contribution in [0, 0.1) is 11.6 Å². The molecule has 0 fully saturated rings. The maximum absolute atomic E-state index is 13.5. The highest BCUT2D eigenvalue weighted by Gasteiger charge is 2.13. The van der Waals surface area contributed by atoms with Gasteiger partial charge in [-0.1, -0.05) is 12.1 Å². The Hall–Kier alpha value is -2.25. The van der Waals surface area contributed by atoms with Gasteiger partial charge in [0.2, 0.25) is 0 Å². The molecule has 2 aromatic rings. The normalized spacial score (nSPS) is 10.3. The molecule has 0 atom stereocenters. The van der Waals surface area contributed by atoms with Crippen molar-refractivity contribution >= 4 is 5.82 Å². The molecular formula is C12H11F2N3O2. The number of hydrogen-bond acceptors (Lipinski definition) is 5. The van der Waals surface area contributed by atoms with Gasteiger partial charge in [-0.2, -0.15) is 4.98 Å². The standard InChI is InChI=1S/C12H11F2N3O2/c13-9-5-10(14)12(16-11(9)17-15)19-8-3-1-7(6-18)2-4-8/h1-5,18H,6,15H2,(H,16,17). The van der Waals surface area contributed by atoms with Gasteiger partial charge in [0.15, 0.2) is 17.5 Å². The highest BCUT2D eigenvalue weighted by Crippen LogP contribution is 2.25. The van der Waals surface area contributed by atoms with E-state index < -0.39 is 17.5 Å². The van der Waals surface area contributed by atoms with E-state index in [0.717, 1.165) is 0 Å². The number of benzene rings is 1. The first-order valence-electron chi connectivity index (χ1n) is 5.34. The number of halogens is 2. The second-order valence-corrected chi connectivity index (χ2v) is 3.65. The molecule has 1 aromatic carbocycles. The summed E-state index contributed by atoms with van der Waals surface area (Å²) in [7, 11) is 0. The monoisotopic (exact) mass is 267 g/mol. The molecule has 1 aromatic heterocycles. The number of aliphatic hydroxyl groups excluding tert-OH is 1. The molecule has 5 nitrogen and oxygen atoms in total. The highest BCUT2D eigenvalue weighted by molar-refractivity contribution is 5.40. The van der Waals surface area contributed by atoms with Crippen LogP contribution >= 0.6 is 0 Å². The van der Waals surface area contributed by atoms with Crippen molar-refractivity contribution in [1.82, 2.24) is 4.98 Å². The molecule has 0 unspecified atom stereocenters. The molecule has 0 amide bonds. The number of hydrazine groups is 1. The average Bonchev–Trinajstić information content (AvgIpc) is 2.42. The number of nitrogens with one attached hydrogen (secondary N) is 1. The van der Waals surface area contributed by atoms with Crippen LogP contribution in [0.5, 0.6) is 11.6 Å². The Morgan fingerprint density at radius 1 is 1.21 bits per heavy atom. The van der Waals surface area contributed by atoms with Crippen LogP contribution < -0.4 is 16.0 Å². The van der Waals surface area contributed by atoms with Gasteiger partial charge >= 0.3 is 0 Å². The van der Waals surface area contributed by atoms with Gasteiger partial charge in [0.25, 0.3) is 5.88 Å². The van der Waals surface area contributed by atoms with Crippen LogP contribution in [0.15, 0.2) is 30.3 Å². The van der Waals surface area contributed by atoms with Crippen molar-refractivity contribution < 1.29 is 18.6 Å². The molecule has 0 aliphatic carbocycles. The number of hydrogen-bond donors (Lipinski definition) is 3. The molecule has 100 valence electrons. The number of pyridine rings is 1. The first-order chi connectivity index (χ1) is 9.13. The second-order valence-electron chi connectivity index (χ2n) is 3.65. The van der Waals surface area contributed by atoms with E-state index in [1.807, 2.05) is 5.43 Å². The van der Waals surface area contributed by atoms with Gasteiger partial charge in [0, 0.05) is 6.07 Å². The van der Waals surface area contributed by atoms with Crippen LogP contribution in [0.25, 0.3) is 0 Å². The summed E-state index contributed by atoms with van der Waals surface area (Å²) < 4.78 is 31.8. The van der Waals surface area contributed by atoms with E-state index in [4.69, 9.17) is 15.7 Å². The molecular weight excluding hydrogens is 256 g/mol. The van der Waals surface area contributed by atoms with E-state index in [1.165, 1.54) is 12.1 Å². The van der Waals surface area contributed by atoms with E-state index in [0.29, 0.717) is 17.4 Å². The van der Waals surface area contributed by atoms with Gasteiger partial charge in [0.05, 0.1) is 6.61 Å². The lowest BCUT2D eigenvalue weighted by Crippen LogP contribution is -2.11. The maximum Gasteiger partial charge on any atom is 0.258 e. The van der Waals surface area contributed by atoms with Crippen LogP contribution in [-0.4, -0.2) is 10.1 Å². The van der Waals surface area contributed by atoms with Crippen LogP contribution in [-0.2, 0) is 6.61 Å². The number of nitrogens with zero attached hydrogens (tertiary/aromatic N) is 1. The van der Waals surface area contributed by atoms with Gasteiger partial charge in [-0.15, -0.1) is 0 Å². The lowest BCUT2D eigenvalue weighted by Gasteiger charge is -2.08. The van der Waals surface area contributed by atoms with Crippen LogP contribution in [0.1, 0.15) is 5.56 Å². The van der Waals surface area contributed by atoms with E-state index in [2.05, 4.69) is 4.98 Å². The fourth-order valence-electron chi connectivity index (χ4n) is 1.40. The number of aromatic nitrogens is 1. The molecule has 0 bridgehead atoms. The van der Waals surface area contributed by atoms with Crippen molar-refractivity contribution in [3.05, 3.63) is 47.5 Å². The zero-order valence-electron chi connectivity index (χ0n) is 9.73. The molecule has 0 aliphatic rings. The number of ether oxygens (including phenoxy) is 1. The summed E-state index contributed by atoms with van der Waals surface area (Å²) in [5, 5.41) is 8.88. The van der Waals surface area contributed by atoms with Crippen molar-refractivity contribution in [2.45, 2.75) is 6.61 Å². The summed E-state index contributed by atoms with van der Waals surface area (Å²) >= 11 is 0. The molecule has 2 rings (SSSR count). The Balaban J connectivity index is 2.26. The Morgan fingerprint density at radius 2 is 1.89 bits per heavy atom. The summed E-state index contributed by atoms with van der Waals surface area (Å²) in [5.74, 6) is 2.78. The quantitative estimate of drug-likeness (QED) is 0.582. The first-order valence-corrected chi connectivity index (χ1v) is 5.34. The second kappa shape index (κ2) is 5.59. The molecule has 19 heavy (non-hydrogen) atoms. The average molecular weight is 267 g/mol. The largest absolute Gasteiger partial charge is 0.436 e. The lowest BCUT2D eigenvalue weighted by molar-refractivity contribution is 0.281. The number of nitrogens with two attached hydrogens (primary N) is 1. The predicted molar refractivity (Wildman–Crippen MR) is 64.4 cm³/mol. The number of nitrogen functional groups attached to an aromatic ring is 1. The summed E-state index contributed by atoms with van der Waals surface area (Å²) in [6.45, 7) is -0.106. The number of anilines is 1. The minimum atomic E-state index is -0.942. The van der Waals surface area contributed by atoms with Gasteiger partial charge < -0.3 is 15.3 Å². The Labute approximate surface area is 107 Å². The van der Waals surface area contributed by atoms with E-state index in [1.54, 1.807) is 12.1 Å². The molecule has 0 saturated heterocycles. The van der Waals surface area contributed by atoms with Crippen molar-refractivity contribution in [2.24, 2.45) is 5.84 Å². The summed E-state index contributed by atoms with van der Waals surface area (Å²) in [5.41, 5.74) is 2.69. The maximum atomic E-state index is 13.5. The summed E-state index contributed by atoms with van der Waals surface area (Å²) in [6.07, 6.45) is 0. The fourth-order valence-corrected chi connectivity index (χ4v) is 1.40. The van der Waals surface area contributed by atoms with Gasteiger partial charge in [0.1, 0.15) is 5.75 Å². The first kappa shape index (κ1) is 13.2. The van der Waals surface area contributed by atoms with Crippen molar-refractivity contribution in [3.63, 3.8) is 0 Å². The fraction of sp³-hybridized carbons (Fsp3) is 0.0833. The summed E-state index contributed by atoms with van der Waals surface area (Å²) in [4.78, 5) is 3.57. The minimum absolute atomic E-state index is 0.106. The molecule has 7 heteroatoms. The number of aliphatic hydroxyl groups is 1. The SMILES string of the molecule is NNc1nc(Oc2ccc(CO)cc2)c(F)cc1F. The van der Waals surface area contributed by atoms with Crippen LogP contribution in [0.2, 0.25) is 0 Å². The number of rotatable bonds is 4. The molecule has 1 heterocycles. The van der Waals surface area contributed by atoms with Gasteiger partial charge in [-0.25, -0.2) is 14.6 Å². The zero-order chi connectivity index (χ0) is 13.8. The van der Waals surface area contributed by atoms with Gasteiger partial charge in [-0.3, -0.25) is 0 Å². The summed E-state index contributed by atoms with van der Waals surface area (Å²) in [6, 6.07) is 6.91. The Morgan fingerprint density at radius 3 is 2.47 bits per heavy atom. The zero-order valence-corrected chi connectivity index (χ0v) is 9.73. The highest BCUT2D eigenvalue weighted by atomic mass is 19.1. The van der Waals surface area contributed by atoms with Crippen molar-refractivity contribution in [1.29, 1.82) is 0 Å². The van der Waals surface area contributed by atoms with Crippen LogP contribution in [0.3, 0.4) is 0 Å². The molecule has 0 saturated carbocycles. The molecule has 0 spiro atoms. The lowest BCUT2D eigenvalue weighted by atomic mass is 10.2. The Bertz CT molecular complexity index is 576. The minimum Gasteiger partial charge on any atom is -0.436 e. The Kier molecular flexibility index (Phi) is 3.88. The van der Waals surface area contributed by atoms with Gasteiger partial charge in [-0.05, 0) is 17.7 Å². The van der Waals surface area contributed by atoms with Crippen molar-refractivity contribution in [3.8, 4) is 11.6 Å². The van der Waals surface area contributed by atoms with Crippen LogP contribution in [0.4, 0.5) is 14.6 Å². The third kappa shape index (κ3) is 2.95. The molecule has 0 radical (unpaired) electrons. The third-order valence-corrected chi connectivity index (χ3v) is 2.35. The van der Waals surface area contributed by atoms with E-state index in [-0.39, 0.29) is 12.4 Å². The third-order valence-electron chi connectivity index (χ3n) is 2.35.